The fourth-order valence-electron chi connectivity index (χ4n) is 1.41. The van der Waals surface area contributed by atoms with Crippen molar-refractivity contribution in [3.05, 3.63) is 45.9 Å². The van der Waals surface area contributed by atoms with Gasteiger partial charge >= 0.3 is 6.18 Å². The second-order valence-corrected chi connectivity index (χ2v) is 4.31. The molecule has 2 rings (SSSR count). The summed E-state index contributed by atoms with van der Waals surface area (Å²) in [6.07, 6.45) is -3.59. The number of nitrogens with zero attached hydrogens (tertiary/aromatic N) is 3. The van der Waals surface area contributed by atoms with Crippen molar-refractivity contribution in [2.24, 2.45) is 0 Å². The van der Waals surface area contributed by atoms with Gasteiger partial charge in [0, 0.05) is 6.20 Å². The highest BCUT2D eigenvalue weighted by atomic mass is 79.9. The molecule has 0 aliphatic carbocycles. The summed E-state index contributed by atoms with van der Waals surface area (Å²) >= 11 is 2.87. The molecule has 0 amide bonds. The van der Waals surface area contributed by atoms with Gasteiger partial charge in [0.15, 0.2) is 11.5 Å². The topological polar surface area (TPSA) is 41.6 Å². The third-order valence-electron chi connectivity index (χ3n) is 2.31. The molecule has 2 aromatic rings. The maximum atomic E-state index is 13.9. The largest absolute Gasteiger partial charge is 0.435 e. The number of hydrogen-bond acceptors (Lipinski definition) is 2. The highest BCUT2D eigenvalue weighted by Gasteiger charge is 2.33. The molecule has 1 heterocycles. The average molecular weight is 334 g/mol. The van der Waals surface area contributed by atoms with Crippen LogP contribution in [0.15, 0.2) is 28.9 Å². The minimum absolute atomic E-state index is 0.0458. The molecule has 3 nitrogen and oxygen atoms in total. The summed E-state index contributed by atoms with van der Waals surface area (Å²) in [5.74, 6) is -0.851. The monoisotopic (exact) mass is 333 g/mol. The third kappa shape index (κ3) is 2.46. The Balaban J connectivity index is 2.52. The Bertz CT molecular complexity index is 670. The third-order valence-corrected chi connectivity index (χ3v) is 3.08. The number of halogens is 5. The number of nitriles is 1. The van der Waals surface area contributed by atoms with Gasteiger partial charge in [0.25, 0.3) is 0 Å². The van der Waals surface area contributed by atoms with Crippen LogP contribution in [-0.2, 0) is 6.18 Å². The molecule has 0 spiro atoms. The molecule has 0 N–H and O–H groups in total. The maximum absolute atomic E-state index is 13.9. The van der Waals surface area contributed by atoms with Crippen LogP contribution in [0.3, 0.4) is 0 Å². The number of alkyl halides is 3. The van der Waals surface area contributed by atoms with Gasteiger partial charge in [-0.2, -0.15) is 23.5 Å². The molecule has 0 fully saturated rings. The van der Waals surface area contributed by atoms with E-state index in [1.54, 1.807) is 6.07 Å². The zero-order valence-corrected chi connectivity index (χ0v) is 10.6. The molecule has 8 heteroatoms. The molecular weight excluding hydrogens is 330 g/mol. The molecule has 0 saturated carbocycles. The van der Waals surface area contributed by atoms with Crippen molar-refractivity contribution in [2.75, 3.05) is 0 Å². The van der Waals surface area contributed by atoms with Crippen LogP contribution < -0.4 is 0 Å². The van der Waals surface area contributed by atoms with E-state index in [4.69, 9.17) is 5.26 Å². The van der Waals surface area contributed by atoms with Crippen LogP contribution in [0.2, 0.25) is 0 Å². The molecule has 0 bridgehead atoms. The van der Waals surface area contributed by atoms with Crippen LogP contribution in [0.4, 0.5) is 17.6 Å². The lowest BCUT2D eigenvalue weighted by molar-refractivity contribution is -0.141. The van der Waals surface area contributed by atoms with Gasteiger partial charge in [-0.25, -0.2) is 9.07 Å². The summed E-state index contributed by atoms with van der Waals surface area (Å²) in [4.78, 5) is 0. The summed E-state index contributed by atoms with van der Waals surface area (Å²) in [5, 5.41) is 12.0. The van der Waals surface area contributed by atoms with E-state index in [0.29, 0.717) is 0 Å². The number of rotatable bonds is 1. The molecule has 0 radical (unpaired) electrons. The van der Waals surface area contributed by atoms with Crippen molar-refractivity contribution in [3.63, 3.8) is 0 Å². The van der Waals surface area contributed by atoms with Crippen LogP contribution in [0.25, 0.3) is 5.69 Å². The molecule has 0 saturated heterocycles. The van der Waals surface area contributed by atoms with Gasteiger partial charge in [-0.3, -0.25) is 0 Å². The minimum atomic E-state index is -4.59. The van der Waals surface area contributed by atoms with Crippen LogP contribution in [0.1, 0.15) is 11.3 Å². The van der Waals surface area contributed by atoms with E-state index in [-0.39, 0.29) is 15.7 Å². The first-order valence-corrected chi connectivity index (χ1v) is 5.65. The Morgan fingerprint density at radius 1 is 1.26 bits per heavy atom. The van der Waals surface area contributed by atoms with Crippen LogP contribution in [-0.4, -0.2) is 9.78 Å². The van der Waals surface area contributed by atoms with Crippen LogP contribution in [0.5, 0.6) is 0 Å². The molecule has 0 aliphatic rings. The van der Waals surface area contributed by atoms with Gasteiger partial charge in [0.2, 0.25) is 0 Å². The number of benzene rings is 1. The summed E-state index contributed by atoms with van der Waals surface area (Å²) in [6.45, 7) is 0. The summed E-state index contributed by atoms with van der Waals surface area (Å²) < 4.78 is 51.7. The van der Waals surface area contributed by atoms with E-state index < -0.39 is 17.7 Å². The van der Waals surface area contributed by atoms with Crippen LogP contribution >= 0.6 is 15.9 Å². The second-order valence-electron chi connectivity index (χ2n) is 3.52. The van der Waals surface area contributed by atoms with Crippen LogP contribution in [0, 0.1) is 17.1 Å². The second kappa shape index (κ2) is 4.66. The molecule has 0 unspecified atom stereocenters. The van der Waals surface area contributed by atoms with E-state index in [1.807, 2.05) is 0 Å². The molecule has 0 atom stereocenters. The Hall–Kier alpha value is -1.88. The molecule has 98 valence electrons. The average Bonchev–Trinajstić information content (AvgIpc) is 2.81. The Morgan fingerprint density at radius 2 is 1.95 bits per heavy atom. The van der Waals surface area contributed by atoms with Gasteiger partial charge in [-0.05, 0) is 34.1 Å². The van der Waals surface area contributed by atoms with Gasteiger partial charge in [0.05, 0.1) is 10.0 Å². The maximum Gasteiger partial charge on any atom is 0.435 e. The first-order chi connectivity index (χ1) is 8.84. The summed E-state index contributed by atoms with van der Waals surface area (Å²) in [6, 6.07) is 4.96. The molecule has 19 heavy (non-hydrogen) atoms. The lowest BCUT2D eigenvalue weighted by Gasteiger charge is -2.06. The van der Waals surface area contributed by atoms with E-state index in [2.05, 4.69) is 21.0 Å². The van der Waals surface area contributed by atoms with Crippen molar-refractivity contribution >= 4 is 15.9 Å². The minimum Gasteiger partial charge on any atom is -0.237 e. The highest BCUT2D eigenvalue weighted by Crippen LogP contribution is 2.29. The van der Waals surface area contributed by atoms with Gasteiger partial charge in [0.1, 0.15) is 11.8 Å². The Kier molecular flexibility index (Phi) is 3.32. The van der Waals surface area contributed by atoms with E-state index in [1.165, 1.54) is 12.1 Å². The van der Waals surface area contributed by atoms with Crippen molar-refractivity contribution in [1.82, 2.24) is 9.78 Å². The highest BCUT2D eigenvalue weighted by molar-refractivity contribution is 9.10. The van der Waals surface area contributed by atoms with E-state index in [9.17, 15) is 17.6 Å². The van der Waals surface area contributed by atoms with E-state index >= 15 is 0 Å². The fraction of sp³-hybridized carbons (Fsp3) is 0.0909. The van der Waals surface area contributed by atoms with Crippen molar-refractivity contribution in [2.45, 2.75) is 6.18 Å². The summed E-state index contributed by atoms with van der Waals surface area (Å²) in [7, 11) is 0. The molecule has 0 aliphatic heterocycles. The SMILES string of the molecule is N#Cc1ccc(-n2ccc(C(F)(F)F)n2)c(F)c1Br. The predicted octanol–water partition coefficient (Wildman–Crippen LogP) is 3.66. The van der Waals surface area contributed by atoms with Crippen molar-refractivity contribution in [1.29, 1.82) is 5.26 Å². The van der Waals surface area contributed by atoms with Gasteiger partial charge in [-0.1, -0.05) is 0 Å². The predicted molar refractivity (Wildman–Crippen MR) is 60.9 cm³/mol. The van der Waals surface area contributed by atoms with Crippen molar-refractivity contribution < 1.29 is 17.6 Å². The lowest BCUT2D eigenvalue weighted by atomic mass is 10.2. The summed E-state index contributed by atoms with van der Waals surface area (Å²) in [5.41, 5.74) is -1.25. The Labute approximate surface area is 113 Å². The molecular formula is C11H4BrF4N3. The smallest absolute Gasteiger partial charge is 0.237 e. The number of hydrogen-bond donors (Lipinski definition) is 0. The molecule has 1 aromatic heterocycles. The van der Waals surface area contributed by atoms with Crippen molar-refractivity contribution in [3.8, 4) is 11.8 Å². The van der Waals surface area contributed by atoms with Gasteiger partial charge < -0.3 is 0 Å². The standard InChI is InChI=1S/C11H4BrF4N3/c12-9-6(5-17)1-2-7(10(9)13)19-4-3-8(18-19)11(14,15)16/h1-4H. The first-order valence-electron chi connectivity index (χ1n) is 4.86. The van der Waals surface area contributed by atoms with Gasteiger partial charge in [-0.15, -0.1) is 0 Å². The first kappa shape index (κ1) is 13.5. The normalized spacial score (nSPS) is 11.4. The zero-order chi connectivity index (χ0) is 14.2. The fourth-order valence-corrected chi connectivity index (χ4v) is 1.84. The number of aromatic nitrogens is 2. The quantitative estimate of drug-likeness (QED) is 0.747. The van der Waals surface area contributed by atoms with E-state index in [0.717, 1.165) is 16.9 Å². The zero-order valence-electron chi connectivity index (χ0n) is 9.04. The lowest BCUT2D eigenvalue weighted by Crippen LogP contribution is -2.08. The molecule has 1 aromatic carbocycles. The Morgan fingerprint density at radius 3 is 2.47 bits per heavy atom.